The zero-order chi connectivity index (χ0) is 22.8. The minimum absolute atomic E-state index is 0.0677. The van der Waals surface area contributed by atoms with Gasteiger partial charge in [0.05, 0.1) is 30.6 Å². The fourth-order valence-corrected chi connectivity index (χ4v) is 3.46. The summed E-state index contributed by atoms with van der Waals surface area (Å²) in [6, 6.07) is 0.953. The van der Waals surface area contributed by atoms with Gasteiger partial charge in [-0.2, -0.15) is 10.2 Å². The van der Waals surface area contributed by atoms with Crippen molar-refractivity contribution in [2.45, 2.75) is 18.5 Å². The van der Waals surface area contributed by atoms with Gasteiger partial charge in [0.15, 0.2) is 11.3 Å². The second-order valence-electron chi connectivity index (χ2n) is 7.19. The van der Waals surface area contributed by atoms with Gasteiger partial charge in [0.1, 0.15) is 11.4 Å². The molecule has 14 heteroatoms. The first-order valence-electron chi connectivity index (χ1n) is 9.64. The lowest BCUT2D eigenvalue weighted by atomic mass is 10.0. The Hall–Kier alpha value is -4.20. The second-order valence-corrected chi connectivity index (χ2v) is 7.19. The maximum atomic E-state index is 12.8. The number of amides is 3. The van der Waals surface area contributed by atoms with Crippen molar-refractivity contribution >= 4 is 35.1 Å². The standard InChI is InChI=1S/C18H21N9O5/c1-26-7-11(14(25-26)15(19)28)22-17(29)9-6-20-27-4-2-13(24-16(9)27)21-12-8-32-5-3-10(12)23-18(30)31/h2,4,6-7,10,12,23H,3,5,8H2,1H3,(H2,19,28)(H,21,24)(H,22,29)(H,30,31)/t10-,12+/m1/s1. The quantitative estimate of drug-likeness (QED) is 0.339. The number of carbonyl (C=O) groups excluding carboxylic acids is 2. The molecule has 32 heavy (non-hydrogen) atoms. The normalized spacial score (nSPS) is 18.3. The Kier molecular flexibility index (Phi) is 5.59. The van der Waals surface area contributed by atoms with Crippen LogP contribution in [-0.2, 0) is 11.8 Å². The summed E-state index contributed by atoms with van der Waals surface area (Å²) in [6.45, 7) is 0.742. The summed E-state index contributed by atoms with van der Waals surface area (Å²) in [7, 11) is 1.60. The van der Waals surface area contributed by atoms with E-state index in [4.69, 9.17) is 15.6 Å². The van der Waals surface area contributed by atoms with E-state index < -0.39 is 17.9 Å². The summed E-state index contributed by atoms with van der Waals surface area (Å²) in [5.41, 5.74) is 5.83. The highest BCUT2D eigenvalue weighted by Gasteiger charge is 2.28. The molecule has 1 fully saturated rings. The van der Waals surface area contributed by atoms with Gasteiger partial charge in [-0.25, -0.2) is 14.3 Å². The number of nitrogens with zero attached hydrogens (tertiary/aromatic N) is 5. The van der Waals surface area contributed by atoms with Crippen LogP contribution in [0, 0.1) is 0 Å². The molecule has 0 saturated carbocycles. The van der Waals surface area contributed by atoms with E-state index in [2.05, 4.69) is 31.1 Å². The van der Waals surface area contributed by atoms with Crippen molar-refractivity contribution in [1.29, 1.82) is 0 Å². The van der Waals surface area contributed by atoms with Gasteiger partial charge in [-0.1, -0.05) is 0 Å². The van der Waals surface area contributed by atoms with E-state index in [9.17, 15) is 14.4 Å². The number of nitrogens with two attached hydrogens (primary N) is 1. The molecule has 3 amide bonds. The number of aromatic nitrogens is 5. The Morgan fingerprint density at radius 3 is 2.88 bits per heavy atom. The number of fused-ring (bicyclic) bond motifs is 1. The maximum absolute atomic E-state index is 12.8. The third kappa shape index (κ3) is 4.29. The van der Waals surface area contributed by atoms with E-state index in [1.165, 1.54) is 21.6 Å². The average Bonchev–Trinajstić information content (AvgIpc) is 3.32. The summed E-state index contributed by atoms with van der Waals surface area (Å²) in [5.74, 6) is -0.907. The van der Waals surface area contributed by atoms with Gasteiger partial charge in [0.2, 0.25) is 0 Å². The lowest BCUT2D eigenvalue weighted by Gasteiger charge is -2.32. The fourth-order valence-electron chi connectivity index (χ4n) is 3.46. The maximum Gasteiger partial charge on any atom is 0.404 e. The number of carboxylic acid groups (broad SMARTS) is 1. The van der Waals surface area contributed by atoms with Crippen molar-refractivity contribution in [2.75, 3.05) is 23.8 Å². The highest BCUT2D eigenvalue weighted by molar-refractivity contribution is 6.10. The molecule has 0 unspecified atom stereocenters. The van der Waals surface area contributed by atoms with Crippen LogP contribution in [0.1, 0.15) is 27.3 Å². The van der Waals surface area contributed by atoms with Crippen LogP contribution >= 0.6 is 0 Å². The molecule has 3 aromatic rings. The van der Waals surface area contributed by atoms with Gasteiger partial charge in [0.25, 0.3) is 11.8 Å². The smallest absolute Gasteiger partial charge is 0.404 e. The summed E-state index contributed by atoms with van der Waals surface area (Å²) in [5, 5.41) is 25.3. The van der Waals surface area contributed by atoms with Crippen LogP contribution in [0.4, 0.5) is 16.3 Å². The van der Waals surface area contributed by atoms with Crippen molar-refractivity contribution in [2.24, 2.45) is 12.8 Å². The Bertz CT molecular complexity index is 1190. The molecular formula is C18H21N9O5. The van der Waals surface area contributed by atoms with Crippen LogP contribution in [0.5, 0.6) is 0 Å². The highest BCUT2D eigenvalue weighted by atomic mass is 16.5. The number of hydrogen-bond donors (Lipinski definition) is 5. The van der Waals surface area contributed by atoms with Crippen LogP contribution in [0.3, 0.4) is 0 Å². The van der Waals surface area contributed by atoms with Gasteiger partial charge in [0, 0.05) is 26.0 Å². The number of carbonyl (C=O) groups is 3. The average molecular weight is 443 g/mol. The molecule has 1 saturated heterocycles. The zero-order valence-corrected chi connectivity index (χ0v) is 17.0. The van der Waals surface area contributed by atoms with Crippen LogP contribution in [0.15, 0.2) is 24.7 Å². The van der Waals surface area contributed by atoms with Crippen molar-refractivity contribution in [3.8, 4) is 0 Å². The number of nitrogens with one attached hydrogen (secondary N) is 3. The van der Waals surface area contributed by atoms with Crippen molar-refractivity contribution < 1.29 is 24.2 Å². The minimum Gasteiger partial charge on any atom is -0.465 e. The molecular weight excluding hydrogens is 422 g/mol. The molecule has 1 aliphatic heterocycles. The highest BCUT2D eigenvalue weighted by Crippen LogP contribution is 2.19. The van der Waals surface area contributed by atoms with Crippen LogP contribution in [-0.4, -0.2) is 72.7 Å². The summed E-state index contributed by atoms with van der Waals surface area (Å²) in [4.78, 5) is 39.9. The molecule has 4 heterocycles. The third-order valence-corrected chi connectivity index (χ3v) is 4.92. The molecule has 2 atom stereocenters. The molecule has 14 nitrogen and oxygen atoms in total. The number of aryl methyl sites for hydroxylation is 1. The largest absolute Gasteiger partial charge is 0.465 e. The number of hydrogen-bond acceptors (Lipinski definition) is 8. The Morgan fingerprint density at radius 1 is 1.31 bits per heavy atom. The van der Waals surface area contributed by atoms with Crippen molar-refractivity contribution in [3.63, 3.8) is 0 Å². The predicted molar refractivity (Wildman–Crippen MR) is 110 cm³/mol. The first-order chi connectivity index (χ1) is 15.3. The van der Waals surface area contributed by atoms with Crippen LogP contribution < -0.4 is 21.7 Å². The summed E-state index contributed by atoms with van der Waals surface area (Å²) < 4.78 is 8.23. The molecule has 0 aliphatic carbocycles. The molecule has 3 aromatic heterocycles. The molecule has 0 bridgehead atoms. The third-order valence-electron chi connectivity index (χ3n) is 4.92. The van der Waals surface area contributed by atoms with Gasteiger partial charge in [-0.3, -0.25) is 14.3 Å². The molecule has 0 spiro atoms. The number of ether oxygens (including phenoxy) is 1. The molecule has 168 valence electrons. The molecule has 6 N–H and O–H groups in total. The molecule has 1 aliphatic rings. The Balaban J connectivity index is 1.57. The lowest BCUT2D eigenvalue weighted by molar-refractivity contribution is 0.0674. The number of rotatable bonds is 6. The first kappa shape index (κ1) is 21.0. The van der Waals surface area contributed by atoms with Gasteiger partial charge < -0.3 is 31.5 Å². The summed E-state index contributed by atoms with van der Waals surface area (Å²) in [6.07, 6.45) is 3.82. The molecule has 4 rings (SSSR count). The van der Waals surface area contributed by atoms with Crippen molar-refractivity contribution in [3.05, 3.63) is 35.9 Å². The molecule has 0 radical (unpaired) electrons. The monoisotopic (exact) mass is 443 g/mol. The topological polar surface area (TPSA) is 191 Å². The summed E-state index contributed by atoms with van der Waals surface area (Å²) >= 11 is 0. The zero-order valence-electron chi connectivity index (χ0n) is 17.0. The SMILES string of the molecule is Cn1cc(NC(=O)c2cnn3ccc(N[C@H]4COCC[C@H]4NC(=O)O)nc23)c(C(N)=O)n1. The molecule has 0 aromatic carbocycles. The van der Waals surface area contributed by atoms with E-state index >= 15 is 0 Å². The predicted octanol–water partition coefficient (Wildman–Crippen LogP) is -0.349. The number of anilines is 2. The lowest BCUT2D eigenvalue weighted by Crippen LogP contribution is -2.52. The van der Waals surface area contributed by atoms with E-state index in [1.54, 1.807) is 19.3 Å². The minimum atomic E-state index is -1.12. The van der Waals surface area contributed by atoms with Crippen LogP contribution in [0.2, 0.25) is 0 Å². The van der Waals surface area contributed by atoms with Gasteiger partial charge in [-0.15, -0.1) is 0 Å². The van der Waals surface area contributed by atoms with Crippen LogP contribution in [0.25, 0.3) is 5.65 Å². The van der Waals surface area contributed by atoms with E-state index in [-0.39, 0.29) is 34.7 Å². The van der Waals surface area contributed by atoms with E-state index in [0.717, 1.165) is 0 Å². The van der Waals surface area contributed by atoms with E-state index in [0.29, 0.717) is 25.5 Å². The van der Waals surface area contributed by atoms with E-state index in [1.807, 2.05) is 0 Å². The fraction of sp³-hybridized carbons (Fsp3) is 0.333. The Morgan fingerprint density at radius 2 is 2.12 bits per heavy atom. The Labute approximate surface area is 180 Å². The van der Waals surface area contributed by atoms with Crippen molar-refractivity contribution in [1.82, 2.24) is 29.7 Å². The van der Waals surface area contributed by atoms with Gasteiger partial charge in [-0.05, 0) is 12.5 Å². The second kappa shape index (κ2) is 8.50. The number of primary amides is 1. The van der Waals surface area contributed by atoms with Gasteiger partial charge >= 0.3 is 6.09 Å². The first-order valence-corrected chi connectivity index (χ1v) is 9.64.